The van der Waals surface area contributed by atoms with Crippen LogP contribution < -0.4 is 15.4 Å². The number of ether oxygens (including phenoxy) is 1. The number of hydrogen-bond donors (Lipinski definition) is 2. The molecule has 1 aliphatic heterocycles. The fourth-order valence-electron chi connectivity index (χ4n) is 3.01. The van der Waals surface area contributed by atoms with Crippen molar-refractivity contribution in [3.63, 3.8) is 0 Å². The normalized spacial score (nSPS) is 16.9. The monoisotopic (exact) mass is 384 g/mol. The molecule has 2 N–H and O–H groups in total. The van der Waals surface area contributed by atoms with Gasteiger partial charge in [0.15, 0.2) is 5.69 Å². The summed E-state index contributed by atoms with van der Waals surface area (Å²) in [4.78, 5) is 12.5. The molecule has 0 spiro atoms. The number of hydrogen-bond acceptors (Lipinski definition) is 7. The first kappa shape index (κ1) is 17.6. The maximum absolute atomic E-state index is 12.5. The van der Waals surface area contributed by atoms with Crippen molar-refractivity contribution in [3.8, 4) is 16.3 Å². The summed E-state index contributed by atoms with van der Waals surface area (Å²) in [5.74, 6) is 0.496. The SMILES string of the molecule is COc1ccc(-c2nnc(NC(=O)c3ccn(C4CCCNC4)n3)s2)cc1. The number of anilines is 1. The molecule has 3 heterocycles. The molecule has 1 aromatic carbocycles. The Kier molecular flexibility index (Phi) is 5.12. The third-order valence-corrected chi connectivity index (χ3v) is 5.36. The van der Waals surface area contributed by atoms with Crippen LogP contribution in [0.5, 0.6) is 5.75 Å². The third kappa shape index (κ3) is 3.99. The van der Waals surface area contributed by atoms with Gasteiger partial charge in [-0.3, -0.25) is 14.8 Å². The van der Waals surface area contributed by atoms with Crippen molar-refractivity contribution in [3.05, 3.63) is 42.2 Å². The highest BCUT2D eigenvalue weighted by molar-refractivity contribution is 7.18. The van der Waals surface area contributed by atoms with Crippen LogP contribution in [-0.4, -0.2) is 46.1 Å². The Morgan fingerprint density at radius 2 is 2.15 bits per heavy atom. The second-order valence-corrected chi connectivity index (χ2v) is 7.25. The fourth-order valence-corrected chi connectivity index (χ4v) is 3.75. The largest absolute Gasteiger partial charge is 0.497 e. The van der Waals surface area contributed by atoms with Gasteiger partial charge in [-0.2, -0.15) is 5.10 Å². The van der Waals surface area contributed by atoms with Crippen LogP contribution in [0.2, 0.25) is 0 Å². The van der Waals surface area contributed by atoms with Crippen molar-refractivity contribution >= 4 is 22.4 Å². The Hall–Kier alpha value is -2.78. The van der Waals surface area contributed by atoms with E-state index < -0.39 is 0 Å². The Balaban J connectivity index is 1.42. The van der Waals surface area contributed by atoms with Crippen molar-refractivity contribution in [2.24, 2.45) is 0 Å². The molecule has 2 aromatic heterocycles. The van der Waals surface area contributed by atoms with Crippen molar-refractivity contribution in [1.82, 2.24) is 25.3 Å². The quantitative estimate of drug-likeness (QED) is 0.702. The summed E-state index contributed by atoms with van der Waals surface area (Å²) in [5.41, 5.74) is 1.30. The van der Waals surface area contributed by atoms with E-state index in [1.165, 1.54) is 11.3 Å². The molecule has 1 amide bonds. The minimum atomic E-state index is -0.282. The number of methoxy groups -OCH3 is 1. The Morgan fingerprint density at radius 3 is 2.89 bits per heavy atom. The second-order valence-electron chi connectivity index (χ2n) is 6.28. The highest BCUT2D eigenvalue weighted by atomic mass is 32.1. The van der Waals surface area contributed by atoms with Gasteiger partial charge in [0.1, 0.15) is 10.8 Å². The lowest BCUT2D eigenvalue weighted by molar-refractivity contribution is 0.102. The molecule has 140 valence electrons. The van der Waals surface area contributed by atoms with Crippen LogP contribution in [0.3, 0.4) is 0 Å². The fraction of sp³-hybridized carbons (Fsp3) is 0.333. The first-order chi connectivity index (χ1) is 13.2. The molecule has 0 aliphatic carbocycles. The lowest BCUT2D eigenvalue weighted by Gasteiger charge is -2.22. The van der Waals surface area contributed by atoms with Gasteiger partial charge in [0.25, 0.3) is 5.91 Å². The summed E-state index contributed by atoms with van der Waals surface area (Å²) in [5, 5.41) is 19.9. The van der Waals surface area contributed by atoms with Crippen molar-refractivity contribution < 1.29 is 9.53 Å². The molecule has 1 fully saturated rings. The van der Waals surface area contributed by atoms with Crippen LogP contribution in [0.25, 0.3) is 10.6 Å². The number of benzene rings is 1. The van der Waals surface area contributed by atoms with E-state index in [1.54, 1.807) is 13.2 Å². The van der Waals surface area contributed by atoms with Crippen LogP contribution in [0.4, 0.5) is 5.13 Å². The second kappa shape index (κ2) is 7.85. The number of nitrogens with zero attached hydrogens (tertiary/aromatic N) is 4. The zero-order valence-corrected chi connectivity index (χ0v) is 15.7. The van der Waals surface area contributed by atoms with Gasteiger partial charge in [-0.05, 0) is 49.7 Å². The van der Waals surface area contributed by atoms with E-state index in [-0.39, 0.29) is 5.91 Å². The van der Waals surface area contributed by atoms with Gasteiger partial charge in [-0.25, -0.2) is 0 Å². The molecular formula is C18H20N6O2S. The first-order valence-electron chi connectivity index (χ1n) is 8.78. The standard InChI is InChI=1S/C18H20N6O2S/c1-26-14-6-4-12(5-7-14)17-21-22-18(27-17)20-16(25)15-8-10-24(23-15)13-3-2-9-19-11-13/h4-8,10,13,19H,2-3,9,11H2,1H3,(H,20,22,25). The van der Waals surface area contributed by atoms with Gasteiger partial charge in [0.2, 0.25) is 5.13 Å². The molecule has 1 atom stereocenters. The highest BCUT2D eigenvalue weighted by Gasteiger charge is 2.18. The van der Waals surface area contributed by atoms with Crippen molar-refractivity contribution in [2.75, 3.05) is 25.5 Å². The number of nitrogens with one attached hydrogen (secondary N) is 2. The van der Waals surface area contributed by atoms with Crippen LogP contribution >= 0.6 is 11.3 Å². The van der Waals surface area contributed by atoms with E-state index in [4.69, 9.17) is 4.74 Å². The van der Waals surface area contributed by atoms with Gasteiger partial charge in [0.05, 0.1) is 13.2 Å². The summed E-state index contributed by atoms with van der Waals surface area (Å²) in [7, 11) is 1.62. The minimum Gasteiger partial charge on any atom is -0.497 e. The van der Waals surface area contributed by atoms with Crippen LogP contribution in [-0.2, 0) is 0 Å². The van der Waals surface area contributed by atoms with E-state index in [1.807, 2.05) is 35.1 Å². The molecule has 4 rings (SSSR count). The van der Waals surface area contributed by atoms with Crippen LogP contribution in [0.1, 0.15) is 29.4 Å². The van der Waals surface area contributed by atoms with Crippen LogP contribution in [0, 0.1) is 0 Å². The third-order valence-electron chi connectivity index (χ3n) is 4.47. The van der Waals surface area contributed by atoms with Crippen molar-refractivity contribution in [2.45, 2.75) is 18.9 Å². The summed E-state index contributed by atoms with van der Waals surface area (Å²) < 4.78 is 7.02. The molecule has 27 heavy (non-hydrogen) atoms. The molecule has 9 heteroatoms. The molecule has 1 unspecified atom stereocenters. The zero-order valence-electron chi connectivity index (χ0n) is 14.9. The van der Waals surface area contributed by atoms with Gasteiger partial charge in [-0.1, -0.05) is 11.3 Å². The van der Waals surface area contributed by atoms with Crippen molar-refractivity contribution in [1.29, 1.82) is 0 Å². The lowest BCUT2D eigenvalue weighted by Crippen LogP contribution is -2.32. The lowest BCUT2D eigenvalue weighted by atomic mass is 10.1. The van der Waals surface area contributed by atoms with E-state index in [9.17, 15) is 4.79 Å². The van der Waals surface area contributed by atoms with E-state index >= 15 is 0 Å². The molecular weight excluding hydrogens is 364 g/mol. The van der Waals surface area contributed by atoms with E-state index in [2.05, 4.69) is 25.9 Å². The zero-order chi connectivity index (χ0) is 18.6. The molecule has 0 radical (unpaired) electrons. The smallest absolute Gasteiger partial charge is 0.277 e. The summed E-state index contributed by atoms with van der Waals surface area (Å²) in [6, 6.07) is 9.57. The van der Waals surface area contributed by atoms with E-state index in [0.29, 0.717) is 16.9 Å². The predicted molar refractivity (Wildman–Crippen MR) is 103 cm³/mol. The average Bonchev–Trinajstić information content (AvgIpc) is 3.39. The van der Waals surface area contributed by atoms with E-state index in [0.717, 1.165) is 42.3 Å². The first-order valence-corrected chi connectivity index (χ1v) is 9.60. The number of rotatable bonds is 5. The van der Waals surface area contributed by atoms with Gasteiger partial charge >= 0.3 is 0 Å². The Morgan fingerprint density at radius 1 is 1.30 bits per heavy atom. The maximum Gasteiger partial charge on any atom is 0.277 e. The Bertz CT molecular complexity index is 914. The van der Waals surface area contributed by atoms with Gasteiger partial charge in [0, 0.05) is 18.3 Å². The molecule has 1 aliphatic rings. The molecule has 1 saturated heterocycles. The number of aromatic nitrogens is 4. The summed E-state index contributed by atoms with van der Waals surface area (Å²) in [6.07, 6.45) is 4.04. The van der Waals surface area contributed by atoms with Gasteiger partial charge in [-0.15, -0.1) is 10.2 Å². The molecule has 0 bridgehead atoms. The molecule has 0 saturated carbocycles. The van der Waals surface area contributed by atoms with Gasteiger partial charge < -0.3 is 10.1 Å². The summed E-state index contributed by atoms with van der Waals surface area (Å²) in [6.45, 7) is 1.92. The number of carbonyl (C=O) groups is 1. The summed E-state index contributed by atoms with van der Waals surface area (Å²) >= 11 is 1.32. The molecule has 3 aromatic rings. The van der Waals surface area contributed by atoms with Crippen LogP contribution in [0.15, 0.2) is 36.5 Å². The molecule has 8 nitrogen and oxygen atoms in total. The maximum atomic E-state index is 12.5. The topological polar surface area (TPSA) is 94.0 Å². The Labute approximate surface area is 160 Å². The number of carbonyl (C=O) groups excluding carboxylic acids is 1. The average molecular weight is 384 g/mol. The predicted octanol–water partition coefficient (Wildman–Crippen LogP) is 2.59. The number of piperidine rings is 1. The number of amides is 1. The highest BCUT2D eigenvalue weighted by Crippen LogP contribution is 2.28. The minimum absolute atomic E-state index is 0.282.